The zero-order chi connectivity index (χ0) is 18.7. The maximum absolute atomic E-state index is 12.3. The van der Waals surface area contributed by atoms with E-state index < -0.39 is 0 Å². The Morgan fingerprint density at radius 1 is 1.15 bits per heavy atom. The quantitative estimate of drug-likeness (QED) is 0.392. The average molecular weight is 480 g/mol. The van der Waals surface area contributed by atoms with Gasteiger partial charge in [0.05, 0.1) is 5.56 Å². The van der Waals surface area contributed by atoms with Crippen molar-refractivity contribution in [1.82, 2.24) is 10.3 Å². The van der Waals surface area contributed by atoms with E-state index in [2.05, 4.69) is 43.5 Å². The molecule has 0 fully saturated rings. The van der Waals surface area contributed by atoms with Crippen LogP contribution < -0.4 is 16.0 Å². The van der Waals surface area contributed by atoms with Crippen molar-refractivity contribution >= 4 is 74.5 Å². The van der Waals surface area contributed by atoms with Crippen LogP contribution in [-0.2, 0) is 4.79 Å². The first-order chi connectivity index (χ1) is 12.4. The molecule has 0 spiro atoms. The molecule has 7 nitrogen and oxygen atoms in total. The van der Waals surface area contributed by atoms with E-state index in [1.165, 1.54) is 6.92 Å². The number of amides is 2. The number of rotatable bonds is 3. The van der Waals surface area contributed by atoms with Crippen molar-refractivity contribution in [2.75, 3.05) is 10.6 Å². The number of nitrogens with one attached hydrogen (secondary N) is 3. The lowest BCUT2D eigenvalue weighted by Crippen LogP contribution is -2.34. The van der Waals surface area contributed by atoms with E-state index in [9.17, 15) is 9.59 Å². The average Bonchev–Trinajstić information content (AvgIpc) is 2.95. The van der Waals surface area contributed by atoms with Crippen molar-refractivity contribution in [2.45, 2.75) is 6.92 Å². The van der Waals surface area contributed by atoms with Crippen LogP contribution in [-0.4, -0.2) is 21.9 Å². The number of carbonyl (C=O) groups is 2. The summed E-state index contributed by atoms with van der Waals surface area (Å²) in [6, 6.07) is 12.4. The molecule has 0 aliphatic heterocycles. The van der Waals surface area contributed by atoms with E-state index in [-0.39, 0.29) is 22.9 Å². The molecule has 26 heavy (non-hydrogen) atoms. The number of anilines is 2. The molecule has 0 aliphatic rings. The van der Waals surface area contributed by atoms with Gasteiger partial charge >= 0.3 is 6.01 Å². The van der Waals surface area contributed by atoms with E-state index in [0.717, 1.165) is 3.57 Å². The van der Waals surface area contributed by atoms with Crippen LogP contribution in [0.3, 0.4) is 0 Å². The summed E-state index contributed by atoms with van der Waals surface area (Å²) in [5.74, 6) is -0.502. The van der Waals surface area contributed by atoms with Crippen molar-refractivity contribution in [1.29, 1.82) is 0 Å². The molecular formula is C17H13IN4O3S. The summed E-state index contributed by atoms with van der Waals surface area (Å²) in [5.41, 5.74) is 2.19. The van der Waals surface area contributed by atoms with Gasteiger partial charge in [0.15, 0.2) is 10.7 Å². The number of thiocarbonyl (C=S) groups is 1. The van der Waals surface area contributed by atoms with Crippen LogP contribution >= 0.6 is 34.8 Å². The lowest BCUT2D eigenvalue weighted by Gasteiger charge is -2.07. The highest BCUT2D eigenvalue weighted by Crippen LogP contribution is 2.22. The number of carbonyl (C=O) groups excluding carboxylic acids is 2. The van der Waals surface area contributed by atoms with E-state index in [0.29, 0.717) is 22.4 Å². The van der Waals surface area contributed by atoms with Gasteiger partial charge in [0.25, 0.3) is 5.91 Å². The Morgan fingerprint density at radius 2 is 1.92 bits per heavy atom. The Balaban J connectivity index is 1.70. The van der Waals surface area contributed by atoms with Crippen molar-refractivity contribution in [3.8, 4) is 0 Å². The van der Waals surface area contributed by atoms with Crippen molar-refractivity contribution in [3.63, 3.8) is 0 Å². The third-order valence-corrected chi connectivity index (χ3v) is 4.42. The van der Waals surface area contributed by atoms with Crippen molar-refractivity contribution in [3.05, 3.63) is 51.6 Å². The minimum absolute atomic E-state index is 0.0725. The van der Waals surface area contributed by atoms with Gasteiger partial charge in [0.2, 0.25) is 5.91 Å². The van der Waals surface area contributed by atoms with Crippen LogP contribution in [0.4, 0.5) is 11.7 Å². The Bertz CT molecular complexity index is 1020. The Hall–Kier alpha value is -2.53. The van der Waals surface area contributed by atoms with Gasteiger partial charge in [-0.2, -0.15) is 4.98 Å². The second-order valence-electron chi connectivity index (χ2n) is 5.27. The number of aromatic nitrogens is 1. The maximum atomic E-state index is 12.3. The largest absolute Gasteiger partial charge is 0.423 e. The molecule has 3 N–H and O–H groups in total. The normalized spacial score (nSPS) is 10.4. The zero-order valence-electron chi connectivity index (χ0n) is 13.5. The molecule has 0 saturated heterocycles. The second kappa shape index (κ2) is 7.79. The topological polar surface area (TPSA) is 96.3 Å². The van der Waals surface area contributed by atoms with Crippen molar-refractivity contribution < 1.29 is 14.0 Å². The zero-order valence-corrected chi connectivity index (χ0v) is 16.5. The fraction of sp³-hybridized carbons (Fsp3) is 0.0588. The summed E-state index contributed by atoms with van der Waals surface area (Å²) in [4.78, 5) is 27.6. The fourth-order valence-corrected chi connectivity index (χ4v) is 3.02. The number of nitrogens with zero attached hydrogens (tertiary/aromatic N) is 1. The molecule has 1 aromatic heterocycles. The summed E-state index contributed by atoms with van der Waals surface area (Å²) in [7, 11) is 0. The number of benzene rings is 2. The first-order valence-corrected chi connectivity index (χ1v) is 8.96. The molecule has 0 aliphatic carbocycles. The Labute approximate surface area is 167 Å². The number of hydrogen-bond donors (Lipinski definition) is 3. The maximum Gasteiger partial charge on any atom is 0.302 e. The lowest BCUT2D eigenvalue weighted by atomic mass is 10.2. The SMILES string of the molecule is CC(=O)Nc1ccc2nc(NC(=S)NC(=O)c3ccccc3I)oc2c1. The standard InChI is InChI=1S/C17H13IN4O3S/c1-9(23)19-10-6-7-13-14(8-10)25-16(20-13)22-17(26)21-15(24)11-4-2-3-5-12(11)18/h2-8H,1H3,(H,19,23)(H2,20,21,22,24,26). The molecule has 0 radical (unpaired) electrons. The summed E-state index contributed by atoms with van der Waals surface area (Å²) in [6.07, 6.45) is 0. The number of hydrogen-bond acceptors (Lipinski definition) is 5. The summed E-state index contributed by atoms with van der Waals surface area (Å²) < 4.78 is 6.38. The van der Waals surface area contributed by atoms with Crippen LogP contribution in [0.25, 0.3) is 11.1 Å². The Kier molecular flexibility index (Phi) is 5.47. The fourth-order valence-electron chi connectivity index (χ4n) is 2.20. The Morgan fingerprint density at radius 3 is 2.65 bits per heavy atom. The van der Waals surface area contributed by atoms with Gasteiger partial charge in [-0.15, -0.1) is 0 Å². The van der Waals surface area contributed by atoms with E-state index >= 15 is 0 Å². The molecular weight excluding hydrogens is 467 g/mol. The molecule has 0 atom stereocenters. The minimum atomic E-state index is -0.323. The van der Waals surface area contributed by atoms with Gasteiger partial charge in [-0.05, 0) is 59.1 Å². The van der Waals surface area contributed by atoms with Crippen LogP contribution in [0.1, 0.15) is 17.3 Å². The van der Waals surface area contributed by atoms with Crippen LogP contribution in [0.5, 0.6) is 0 Å². The highest BCUT2D eigenvalue weighted by molar-refractivity contribution is 14.1. The number of fused-ring (bicyclic) bond motifs is 1. The molecule has 3 aromatic rings. The first-order valence-electron chi connectivity index (χ1n) is 7.47. The third kappa shape index (κ3) is 4.35. The molecule has 2 amide bonds. The molecule has 1 heterocycles. The van der Waals surface area contributed by atoms with Gasteiger partial charge in [-0.1, -0.05) is 12.1 Å². The molecule has 3 rings (SSSR count). The smallest absolute Gasteiger partial charge is 0.302 e. The van der Waals surface area contributed by atoms with Gasteiger partial charge in [0, 0.05) is 22.2 Å². The van der Waals surface area contributed by atoms with E-state index in [1.54, 1.807) is 30.3 Å². The summed E-state index contributed by atoms with van der Waals surface area (Å²) >= 11 is 7.22. The van der Waals surface area contributed by atoms with Crippen LogP contribution in [0, 0.1) is 3.57 Å². The molecule has 0 bridgehead atoms. The van der Waals surface area contributed by atoms with Crippen molar-refractivity contribution in [2.24, 2.45) is 0 Å². The highest BCUT2D eigenvalue weighted by Gasteiger charge is 2.13. The second-order valence-corrected chi connectivity index (χ2v) is 6.84. The van der Waals surface area contributed by atoms with Gasteiger partial charge in [-0.25, -0.2) is 0 Å². The first kappa shape index (κ1) is 18.3. The molecule has 0 saturated carbocycles. The van der Waals surface area contributed by atoms with Crippen LogP contribution in [0.15, 0.2) is 46.9 Å². The van der Waals surface area contributed by atoms with Gasteiger partial charge in [-0.3, -0.25) is 20.2 Å². The molecule has 132 valence electrons. The summed E-state index contributed by atoms with van der Waals surface area (Å²) in [5, 5.41) is 8.07. The van der Waals surface area contributed by atoms with Gasteiger partial charge < -0.3 is 9.73 Å². The predicted molar refractivity (Wildman–Crippen MR) is 111 cm³/mol. The molecule has 9 heteroatoms. The number of oxazole rings is 1. The van der Waals surface area contributed by atoms with E-state index in [1.807, 2.05) is 12.1 Å². The van der Waals surface area contributed by atoms with Gasteiger partial charge in [0.1, 0.15) is 5.52 Å². The lowest BCUT2D eigenvalue weighted by molar-refractivity contribution is -0.114. The predicted octanol–water partition coefficient (Wildman–Crippen LogP) is 3.52. The monoisotopic (exact) mass is 480 g/mol. The summed E-state index contributed by atoms with van der Waals surface area (Å²) in [6.45, 7) is 1.42. The highest BCUT2D eigenvalue weighted by atomic mass is 127. The molecule has 0 unspecified atom stereocenters. The van der Waals surface area contributed by atoms with E-state index in [4.69, 9.17) is 16.6 Å². The number of halogens is 1. The molecule has 2 aromatic carbocycles. The minimum Gasteiger partial charge on any atom is -0.423 e. The third-order valence-electron chi connectivity index (χ3n) is 3.27. The van der Waals surface area contributed by atoms with Crippen LogP contribution in [0.2, 0.25) is 0 Å².